The molecule has 0 rings (SSSR count). The van der Waals surface area contributed by atoms with Crippen molar-refractivity contribution in [2.75, 3.05) is 20.6 Å². The lowest BCUT2D eigenvalue weighted by atomic mass is 9.94. The Kier molecular flexibility index (Phi) is 7.39. The van der Waals surface area contributed by atoms with Gasteiger partial charge in [0.1, 0.15) is 0 Å². The summed E-state index contributed by atoms with van der Waals surface area (Å²) in [5.41, 5.74) is 4.82. The number of carbonyl (C=O) groups excluding carboxylic acids is 1. The molecule has 0 aliphatic carbocycles. The second kappa shape index (κ2) is 7.67. The Morgan fingerprint density at radius 2 is 2.06 bits per heavy atom. The Hall–Kier alpha value is -0.610. The Morgan fingerprint density at radius 3 is 2.47 bits per heavy atom. The van der Waals surface area contributed by atoms with Crippen LogP contribution in [0.15, 0.2) is 0 Å². The van der Waals surface area contributed by atoms with Gasteiger partial charge in [-0.15, -0.1) is 0 Å². The number of nitrogens with two attached hydrogens (primary N) is 1. The zero-order chi connectivity index (χ0) is 13.5. The maximum Gasteiger partial charge on any atom is 0.237 e. The van der Waals surface area contributed by atoms with Crippen LogP contribution in [-0.2, 0) is 4.79 Å². The molecule has 0 saturated carbocycles. The molecule has 2 unspecified atom stereocenters. The van der Waals surface area contributed by atoms with Crippen LogP contribution in [0.25, 0.3) is 0 Å². The molecule has 0 aromatic heterocycles. The van der Waals surface area contributed by atoms with Gasteiger partial charge < -0.3 is 16.0 Å². The van der Waals surface area contributed by atoms with E-state index in [4.69, 9.17) is 5.73 Å². The van der Waals surface area contributed by atoms with Crippen LogP contribution in [0.4, 0.5) is 0 Å². The molecule has 1 amide bonds. The highest BCUT2D eigenvalue weighted by molar-refractivity contribution is 5.84. The van der Waals surface area contributed by atoms with E-state index in [0.717, 1.165) is 25.8 Å². The first-order valence-corrected chi connectivity index (χ1v) is 6.56. The molecule has 0 aromatic carbocycles. The van der Waals surface area contributed by atoms with Gasteiger partial charge in [-0.3, -0.25) is 4.79 Å². The minimum absolute atomic E-state index is 0.268. The summed E-state index contributed by atoms with van der Waals surface area (Å²) in [6, 6.07) is 0.627. The molecule has 3 N–H and O–H groups in total. The summed E-state index contributed by atoms with van der Waals surface area (Å²) < 4.78 is 0. The van der Waals surface area contributed by atoms with Crippen molar-refractivity contribution in [3.05, 3.63) is 0 Å². The lowest BCUT2D eigenvalue weighted by molar-refractivity contribution is -0.123. The Labute approximate surface area is 106 Å². The fraction of sp³-hybridized carbons (Fsp3) is 0.923. The van der Waals surface area contributed by atoms with Crippen LogP contribution in [0.5, 0.6) is 0 Å². The quantitative estimate of drug-likeness (QED) is 0.601. The molecule has 0 fully saturated rings. The second-order valence-electron chi connectivity index (χ2n) is 5.14. The van der Waals surface area contributed by atoms with Gasteiger partial charge in [-0.25, -0.2) is 0 Å². The predicted octanol–water partition coefficient (Wildman–Crippen LogP) is 1.35. The molecule has 4 heteroatoms. The van der Waals surface area contributed by atoms with Crippen LogP contribution in [0, 0.1) is 0 Å². The number of primary amides is 1. The number of hydrogen-bond acceptors (Lipinski definition) is 3. The van der Waals surface area contributed by atoms with Gasteiger partial charge in [0.25, 0.3) is 0 Å². The number of carbonyl (C=O) groups is 1. The van der Waals surface area contributed by atoms with Crippen molar-refractivity contribution in [1.82, 2.24) is 10.2 Å². The summed E-state index contributed by atoms with van der Waals surface area (Å²) in [6.45, 7) is 7.38. The largest absolute Gasteiger partial charge is 0.368 e. The first kappa shape index (κ1) is 16.4. The monoisotopic (exact) mass is 243 g/mol. The van der Waals surface area contributed by atoms with Crippen LogP contribution in [0.1, 0.15) is 46.5 Å². The van der Waals surface area contributed by atoms with E-state index in [1.54, 1.807) is 7.05 Å². The average Bonchev–Trinajstić information content (AvgIpc) is 2.32. The maximum absolute atomic E-state index is 11.3. The Balaban J connectivity index is 3.88. The highest BCUT2D eigenvalue weighted by Crippen LogP contribution is 2.13. The number of unbranched alkanes of at least 4 members (excludes halogenated alkanes) is 1. The number of likely N-dealkylation sites (N-methyl/N-ethyl adjacent to an activating group) is 1. The topological polar surface area (TPSA) is 58.4 Å². The van der Waals surface area contributed by atoms with Crippen LogP contribution < -0.4 is 11.1 Å². The van der Waals surface area contributed by atoms with Crippen molar-refractivity contribution in [3.63, 3.8) is 0 Å². The SMILES string of the molecule is CCC(C)N(C)CCCCC(C)(NC)C(N)=O. The van der Waals surface area contributed by atoms with Gasteiger partial charge in [-0.1, -0.05) is 6.92 Å². The summed E-state index contributed by atoms with van der Waals surface area (Å²) in [5.74, 6) is -0.268. The molecule has 0 aromatic rings. The molecule has 0 aliphatic heterocycles. The zero-order valence-electron chi connectivity index (χ0n) is 12.0. The maximum atomic E-state index is 11.3. The number of amides is 1. The molecule has 2 atom stereocenters. The highest BCUT2D eigenvalue weighted by atomic mass is 16.1. The Bertz CT molecular complexity index is 233. The van der Waals surface area contributed by atoms with Gasteiger partial charge in [-0.05, 0) is 60.2 Å². The molecular weight excluding hydrogens is 214 g/mol. The molecule has 0 radical (unpaired) electrons. The molecule has 0 heterocycles. The number of hydrogen-bond donors (Lipinski definition) is 2. The van der Waals surface area contributed by atoms with E-state index in [1.807, 2.05) is 6.92 Å². The normalized spacial score (nSPS) is 16.8. The molecule has 102 valence electrons. The first-order valence-electron chi connectivity index (χ1n) is 6.56. The summed E-state index contributed by atoms with van der Waals surface area (Å²) in [5, 5.41) is 3.01. The molecule has 0 spiro atoms. The summed E-state index contributed by atoms with van der Waals surface area (Å²) in [7, 11) is 3.94. The van der Waals surface area contributed by atoms with Crippen molar-refractivity contribution in [2.24, 2.45) is 5.73 Å². The fourth-order valence-corrected chi connectivity index (χ4v) is 1.74. The van der Waals surface area contributed by atoms with Gasteiger partial charge in [0, 0.05) is 6.04 Å². The minimum atomic E-state index is -0.561. The van der Waals surface area contributed by atoms with Gasteiger partial charge >= 0.3 is 0 Å². The van der Waals surface area contributed by atoms with Crippen molar-refractivity contribution in [2.45, 2.75) is 58.0 Å². The molecule has 0 saturated heterocycles. The van der Waals surface area contributed by atoms with Crippen LogP contribution in [-0.4, -0.2) is 43.0 Å². The predicted molar refractivity (Wildman–Crippen MR) is 72.9 cm³/mol. The van der Waals surface area contributed by atoms with Crippen molar-refractivity contribution in [1.29, 1.82) is 0 Å². The van der Waals surface area contributed by atoms with E-state index >= 15 is 0 Å². The van der Waals surface area contributed by atoms with Gasteiger partial charge in [-0.2, -0.15) is 0 Å². The Morgan fingerprint density at radius 1 is 1.47 bits per heavy atom. The third-order valence-corrected chi connectivity index (χ3v) is 3.88. The summed E-state index contributed by atoms with van der Waals surface area (Å²) in [4.78, 5) is 13.6. The highest BCUT2D eigenvalue weighted by Gasteiger charge is 2.27. The third kappa shape index (κ3) is 5.50. The van der Waals surface area contributed by atoms with Crippen molar-refractivity contribution in [3.8, 4) is 0 Å². The van der Waals surface area contributed by atoms with Gasteiger partial charge in [0.15, 0.2) is 0 Å². The standard InChI is InChI=1S/C13H29N3O/c1-6-11(2)16(5)10-8-7-9-13(3,15-4)12(14)17/h11,15H,6-10H2,1-5H3,(H2,14,17). The minimum Gasteiger partial charge on any atom is -0.368 e. The van der Waals surface area contributed by atoms with E-state index in [2.05, 4.69) is 31.1 Å². The number of nitrogens with zero attached hydrogens (tertiary/aromatic N) is 1. The van der Waals surface area contributed by atoms with Gasteiger partial charge in [0.05, 0.1) is 5.54 Å². The molecule has 4 nitrogen and oxygen atoms in total. The van der Waals surface area contributed by atoms with E-state index in [1.165, 1.54) is 6.42 Å². The smallest absolute Gasteiger partial charge is 0.237 e. The first-order chi connectivity index (χ1) is 7.87. The van der Waals surface area contributed by atoms with Crippen LogP contribution in [0.2, 0.25) is 0 Å². The van der Waals surface area contributed by atoms with Gasteiger partial charge in [0.2, 0.25) is 5.91 Å². The molecule has 0 bridgehead atoms. The molecular formula is C13H29N3O. The molecule has 0 aliphatic rings. The zero-order valence-corrected chi connectivity index (χ0v) is 12.0. The van der Waals surface area contributed by atoms with E-state index in [9.17, 15) is 4.79 Å². The van der Waals surface area contributed by atoms with Crippen molar-refractivity contribution < 1.29 is 4.79 Å². The molecule has 17 heavy (non-hydrogen) atoms. The van der Waals surface area contributed by atoms with Crippen molar-refractivity contribution >= 4 is 5.91 Å². The second-order valence-corrected chi connectivity index (χ2v) is 5.14. The lowest BCUT2D eigenvalue weighted by Crippen LogP contribution is -2.51. The van der Waals surface area contributed by atoms with Crippen LogP contribution in [0.3, 0.4) is 0 Å². The van der Waals surface area contributed by atoms with E-state index in [0.29, 0.717) is 6.04 Å². The van der Waals surface area contributed by atoms with Crippen LogP contribution >= 0.6 is 0 Å². The fourth-order valence-electron chi connectivity index (χ4n) is 1.74. The summed E-state index contributed by atoms with van der Waals surface area (Å²) >= 11 is 0. The average molecular weight is 243 g/mol. The number of nitrogens with one attached hydrogen (secondary N) is 1. The number of rotatable bonds is 9. The van der Waals surface area contributed by atoms with E-state index in [-0.39, 0.29) is 5.91 Å². The third-order valence-electron chi connectivity index (χ3n) is 3.88. The van der Waals surface area contributed by atoms with E-state index < -0.39 is 5.54 Å². The lowest BCUT2D eigenvalue weighted by Gasteiger charge is -2.27. The summed E-state index contributed by atoms with van der Waals surface area (Å²) in [6.07, 6.45) is 4.09.